The molecule has 0 bridgehead atoms. The fourth-order valence-electron chi connectivity index (χ4n) is 4.04. The number of nitrogens with zero attached hydrogens (tertiary/aromatic N) is 2. The van der Waals surface area contributed by atoms with Gasteiger partial charge in [-0.3, -0.25) is 14.4 Å². The van der Waals surface area contributed by atoms with E-state index in [0.29, 0.717) is 45.5 Å². The lowest BCUT2D eigenvalue weighted by molar-refractivity contribution is -0.139. The summed E-state index contributed by atoms with van der Waals surface area (Å²) in [6, 6.07) is 3.27. The Hall–Kier alpha value is -1.93. The number of carbonyl (C=O) groups is 3. The molecule has 0 saturated carbocycles. The summed E-state index contributed by atoms with van der Waals surface area (Å²) in [4.78, 5) is 42.1. The van der Waals surface area contributed by atoms with Crippen molar-refractivity contribution < 1.29 is 19.1 Å². The lowest BCUT2D eigenvalue weighted by Crippen LogP contribution is -2.46. The molecule has 0 aliphatic carbocycles. The van der Waals surface area contributed by atoms with E-state index in [1.54, 1.807) is 19.1 Å². The Morgan fingerprint density at radius 1 is 1.37 bits per heavy atom. The lowest BCUT2D eigenvalue weighted by atomic mass is 9.76. The van der Waals surface area contributed by atoms with Crippen LogP contribution in [-0.4, -0.2) is 74.0 Å². The van der Waals surface area contributed by atoms with Gasteiger partial charge in [0.05, 0.1) is 10.3 Å². The molecule has 148 valence electrons. The summed E-state index contributed by atoms with van der Waals surface area (Å²) in [6.07, 6.45) is 2.50. The predicted octanol–water partition coefficient (Wildman–Crippen LogP) is 1.35. The zero-order valence-corrected chi connectivity index (χ0v) is 16.7. The van der Waals surface area contributed by atoms with Crippen molar-refractivity contribution in [3.05, 3.63) is 22.4 Å². The third-order valence-electron chi connectivity index (χ3n) is 5.69. The number of thiophene rings is 1. The topological polar surface area (TPSA) is 79.0 Å². The number of ether oxygens (including phenoxy) is 1. The molecule has 1 aromatic rings. The fraction of sp³-hybridized carbons (Fsp3) is 0.632. The molecule has 1 N–H and O–H groups in total. The number of likely N-dealkylation sites (N-methyl/N-ethyl adjacent to an activating group) is 1. The summed E-state index contributed by atoms with van der Waals surface area (Å²) in [5, 5.41) is 4.79. The van der Waals surface area contributed by atoms with E-state index in [1.807, 2.05) is 22.4 Å². The number of hydrogen-bond acceptors (Lipinski definition) is 5. The summed E-state index contributed by atoms with van der Waals surface area (Å²) in [5.74, 6) is -0.0372. The van der Waals surface area contributed by atoms with E-state index >= 15 is 0 Å². The highest BCUT2D eigenvalue weighted by atomic mass is 32.1. The minimum atomic E-state index is -0.518. The van der Waals surface area contributed by atoms with Gasteiger partial charge in [0, 0.05) is 40.4 Å². The Morgan fingerprint density at radius 2 is 2.11 bits per heavy atom. The molecule has 2 aliphatic rings. The van der Waals surface area contributed by atoms with Gasteiger partial charge in [0.15, 0.2) is 0 Å². The van der Waals surface area contributed by atoms with Gasteiger partial charge in [0.25, 0.3) is 5.91 Å². The number of rotatable bonds is 6. The Balaban J connectivity index is 1.58. The number of hydrogen-bond donors (Lipinski definition) is 1. The Bertz CT molecular complexity index is 683. The molecule has 1 atom stereocenters. The van der Waals surface area contributed by atoms with Crippen LogP contribution in [0.1, 0.15) is 35.4 Å². The first kappa shape index (κ1) is 19.8. The molecule has 3 heterocycles. The normalized spacial score (nSPS) is 21.7. The third kappa shape index (κ3) is 4.01. The first-order valence-electron chi connectivity index (χ1n) is 9.35. The van der Waals surface area contributed by atoms with E-state index in [2.05, 4.69) is 5.32 Å². The van der Waals surface area contributed by atoms with Crippen LogP contribution in [0.15, 0.2) is 17.5 Å². The third-order valence-corrected chi connectivity index (χ3v) is 6.55. The maximum atomic E-state index is 12.9. The average molecular weight is 394 g/mol. The van der Waals surface area contributed by atoms with Crippen molar-refractivity contribution in [2.24, 2.45) is 5.41 Å². The maximum absolute atomic E-state index is 12.9. The van der Waals surface area contributed by atoms with Gasteiger partial charge in [-0.1, -0.05) is 6.07 Å². The number of amides is 3. The summed E-state index contributed by atoms with van der Waals surface area (Å²) in [6.45, 7) is 2.25. The highest BCUT2D eigenvalue weighted by Crippen LogP contribution is 2.44. The van der Waals surface area contributed by atoms with Crippen molar-refractivity contribution in [3.63, 3.8) is 0 Å². The Morgan fingerprint density at radius 3 is 2.74 bits per heavy atom. The zero-order chi connectivity index (χ0) is 19.4. The van der Waals surface area contributed by atoms with Gasteiger partial charge in [-0.05, 0) is 37.1 Å². The van der Waals surface area contributed by atoms with Gasteiger partial charge >= 0.3 is 0 Å². The molecule has 27 heavy (non-hydrogen) atoms. The molecule has 2 aliphatic heterocycles. The smallest absolute Gasteiger partial charge is 0.263 e. The van der Waals surface area contributed by atoms with Gasteiger partial charge in [0.2, 0.25) is 11.8 Å². The van der Waals surface area contributed by atoms with Crippen LogP contribution in [0, 0.1) is 5.41 Å². The van der Waals surface area contributed by atoms with Crippen LogP contribution in [0.3, 0.4) is 0 Å². The van der Waals surface area contributed by atoms with Crippen molar-refractivity contribution in [1.82, 2.24) is 15.1 Å². The number of nitrogens with one attached hydrogen (secondary N) is 1. The molecule has 3 rings (SSSR count). The first-order valence-corrected chi connectivity index (χ1v) is 10.2. The number of likely N-dealkylation sites (tertiary alicyclic amines) is 2. The van der Waals surface area contributed by atoms with Crippen molar-refractivity contribution in [2.75, 3.05) is 40.4 Å². The van der Waals surface area contributed by atoms with E-state index in [9.17, 15) is 14.4 Å². The quantitative estimate of drug-likeness (QED) is 0.740. The standard InChI is InChI=1S/C19H27N3O4S/c1-21-14(16(23)20-8-4-11-26-2)13-19(18(21)25)6-9-22(10-7-19)17(24)15-5-3-12-27-15/h3,5,12,14H,4,6-11,13H2,1-2H3,(H,20,23). The molecule has 0 radical (unpaired) electrons. The second-order valence-corrected chi connectivity index (χ2v) is 8.27. The lowest BCUT2D eigenvalue weighted by Gasteiger charge is -2.37. The fourth-order valence-corrected chi connectivity index (χ4v) is 4.73. The number of methoxy groups -OCH3 is 1. The van der Waals surface area contributed by atoms with E-state index in [4.69, 9.17) is 4.74 Å². The van der Waals surface area contributed by atoms with Gasteiger partial charge < -0.3 is 19.9 Å². The molecular formula is C19H27N3O4S. The minimum absolute atomic E-state index is 0.0303. The maximum Gasteiger partial charge on any atom is 0.263 e. The second-order valence-electron chi connectivity index (χ2n) is 7.32. The molecule has 1 unspecified atom stereocenters. The van der Waals surface area contributed by atoms with Crippen LogP contribution in [-0.2, 0) is 14.3 Å². The van der Waals surface area contributed by atoms with Gasteiger partial charge in [-0.25, -0.2) is 0 Å². The summed E-state index contributed by atoms with van der Waals surface area (Å²) < 4.78 is 4.99. The van der Waals surface area contributed by atoms with Crippen molar-refractivity contribution in [3.8, 4) is 0 Å². The molecule has 7 nitrogen and oxygen atoms in total. The van der Waals surface area contributed by atoms with Crippen LogP contribution in [0.25, 0.3) is 0 Å². The molecular weight excluding hydrogens is 366 g/mol. The zero-order valence-electron chi connectivity index (χ0n) is 15.9. The van der Waals surface area contributed by atoms with E-state index in [-0.39, 0.29) is 17.7 Å². The largest absolute Gasteiger partial charge is 0.385 e. The molecule has 2 saturated heterocycles. The van der Waals surface area contributed by atoms with E-state index in [1.165, 1.54) is 11.3 Å². The van der Waals surface area contributed by atoms with Crippen LogP contribution < -0.4 is 5.32 Å². The van der Waals surface area contributed by atoms with Gasteiger partial charge in [0.1, 0.15) is 6.04 Å². The van der Waals surface area contributed by atoms with Gasteiger partial charge in [-0.2, -0.15) is 0 Å². The first-order chi connectivity index (χ1) is 13.0. The van der Waals surface area contributed by atoms with Crippen LogP contribution in [0.2, 0.25) is 0 Å². The number of piperidine rings is 1. The molecule has 1 aromatic heterocycles. The molecule has 3 amide bonds. The SMILES string of the molecule is COCCCNC(=O)C1CC2(CCN(C(=O)c3cccs3)CC2)C(=O)N1C. The monoisotopic (exact) mass is 393 g/mol. The van der Waals surface area contributed by atoms with Crippen LogP contribution in [0.4, 0.5) is 0 Å². The second kappa shape index (κ2) is 8.39. The highest BCUT2D eigenvalue weighted by Gasteiger charge is 2.53. The summed E-state index contributed by atoms with van der Waals surface area (Å²) in [7, 11) is 3.34. The highest BCUT2D eigenvalue weighted by molar-refractivity contribution is 7.12. The molecule has 8 heteroatoms. The van der Waals surface area contributed by atoms with Crippen LogP contribution >= 0.6 is 11.3 Å². The Labute approximate surface area is 163 Å². The summed E-state index contributed by atoms with van der Waals surface area (Å²) >= 11 is 1.44. The van der Waals surface area contributed by atoms with Crippen LogP contribution in [0.5, 0.6) is 0 Å². The molecule has 0 aromatic carbocycles. The van der Waals surface area contributed by atoms with Crippen molar-refractivity contribution in [2.45, 2.75) is 31.7 Å². The molecule has 2 fully saturated rings. The number of carbonyl (C=O) groups excluding carboxylic acids is 3. The van der Waals surface area contributed by atoms with Crippen molar-refractivity contribution in [1.29, 1.82) is 0 Å². The average Bonchev–Trinajstić information content (AvgIpc) is 3.29. The van der Waals surface area contributed by atoms with E-state index in [0.717, 1.165) is 11.3 Å². The molecule has 1 spiro atoms. The van der Waals surface area contributed by atoms with Crippen molar-refractivity contribution >= 4 is 29.1 Å². The van der Waals surface area contributed by atoms with E-state index < -0.39 is 11.5 Å². The Kier molecular flexibility index (Phi) is 6.16. The minimum Gasteiger partial charge on any atom is -0.385 e. The predicted molar refractivity (Wildman–Crippen MR) is 103 cm³/mol. The van der Waals surface area contributed by atoms with Gasteiger partial charge in [-0.15, -0.1) is 11.3 Å². The summed E-state index contributed by atoms with van der Waals surface area (Å²) in [5.41, 5.74) is -0.518.